The van der Waals surface area contributed by atoms with Crippen LogP contribution in [0.2, 0.25) is 0 Å². The van der Waals surface area contributed by atoms with Crippen LogP contribution in [-0.2, 0) is 33.2 Å². The Bertz CT molecular complexity index is 1650. The minimum Gasteiger partial charge on any atom is -0.457 e. The van der Waals surface area contributed by atoms with Crippen molar-refractivity contribution in [2.45, 2.75) is 235 Å². The van der Waals surface area contributed by atoms with Gasteiger partial charge < -0.3 is 64.2 Å². The van der Waals surface area contributed by atoms with Gasteiger partial charge in [0, 0.05) is 13.0 Å². The van der Waals surface area contributed by atoms with Crippen LogP contribution in [0.5, 0.6) is 0 Å². The molecule has 0 aromatic heterocycles. The molecule has 0 amide bonds. The number of ether oxygens (including phenoxy) is 6. The molecule has 2 aliphatic heterocycles. The van der Waals surface area contributed by atoms with Gasteiger partial charge in [-0.2, -0.15) is 0 Å². The van der Waals surface area contributed by atoms with Gasteiger partial charge in [-0.3, -0.25) is 4.79 Å². The fourth-order valence-corrected chi connectivity index (χ4v) is 8.25. The molecule has 75 heavy (non-hydrogen) atoms. The summed E-state index contributed by atoms with van der Waals surface area (Å²) in [6.45, 7) is 3.36. The molecule has 7 N–H and O–H groups in total. The SMILES string of the molecule is CC/C=C\C/C=C\C/C=C\C/C=C\C/C=C\CCCC(=O)OC(COCCCCCCCCCCCCC/C=C\C/C=C\C/C=C\C/C=C\CC)COC1OC(COC2OC(CO)C(O)C(O)C2O)C(O)C(O)C1O. The molecule has 2 aliphatic rings. The molecule has 0 aliphatic carbocycles. The first-order chi connectivity index (χ1) is 36.6. The van der Waals surface area contributed by atoms with E-state index in [9.17, 15) is 40.5 Å². The second-order valence-corrected chi connectivity index (χ2v) is 19.3. The number of aliphatic hydroxyl groups is 7. The van der Waals surface area contributed by atoms with Crippen LogP contribution in [0.1, 0.15) is 168 Å². The molecule has 0 spiro atoms. The molecule has 14 nitrogen and oxygen atoms in total. The molecule has 2 saturated heterocycles. The van der Waals surface area contributed by atoms with Gasteiger partial charge in [0.1, 0.15) is 54.9 Å². The van der Waals surface area contributed by atoms with Crippen molar-refractivity contribution < 1.29 is 69.0 Å². The lowest BCUT2D eigenvalue weighted by atomic mass is 9.98. The zero-order valence-electron chi connectivity index (χ0n) is 45.7. The van der Waals surface area contributed by atoms with Gasteiger partial charge in [-0.25, -0.2) is 0 Å². The highest BCUT2D eigenvalue weighted by Gasteiger charge is 2.47. The average Bonchev–Trinajstić information content (AvgIpc) is 3.41. The van der Waals surface area contributed by atoms with Crippen LogP contribution in [0, 0.1) is 0 Å². The number of aliphatic hydroxyl groups excluding tert-OH is 7. The minimum absolute atomic E-state index is 0.0294. The number of rotatable bonds is 44. The molecule has 0 saturated carbocycles. The van der Waals surface area contributed by atoms with E-state index in [1.165, 1.54) is 51.4 Å². The summed E-state index contributed by atoms with van der Waals surface area (Å²) in [5.74, 6) is -0.437. The van der Waals surface area contributed by atoms with Gasteiger partial charge in [0.15, 0.2) is 12.6 Å². The van der Waals surface area contributed by atoms with E-state index in [1.807, 2.05) is 6.08 Å². The van der Waals surface area contributed by atoms with Crippen LogP contribution in [0.3, 0.4) is 0 Å². The lowest BCUT2D eigenvalue weighted by Gasteiger charge is -2.42. The molecule has 0 bridgehead atoms. The van der Waals surface area contributed by atoms with E-state index in [0.717, 1.165) is 83.5 Å². The highest BCUT2D eigenvalue weighted by atomic mass is 16.7. The standard InChI is InChI=1S/C61H100O14/c1-3-5-7-9-11-13-15-17-19-21-22-23-24-25-26-27-29-31-33-35-37-39-41-43-45-70-47-50(73-53(63)44-42-40-38-36-34-32-30-28-20-18-16-14-12-10-8-6-4-2)48-71-60-59(69)57(67)55(65)52(75-60)49-72-61-58(68)56(66)54(64)51(46-62)74-61/h5-8,11-14,17-20,22-23,30,32,36,38,50-52,54-62,64-69H,3-4,9-10,15-16,21,24-29,31,33-35,37,39-49H2,1-2H3/b7-5-,8-6-,13-11-,14-12-,19-17-,20-18-,23-22-,32-30-,38-36-. The highest BCUT2D eigenvalue weighted by Crippen LogP contribution is 2.26. The molecule has 428 valence electrons. The van der Waals surface area contributed by atoms with Gasteiger partial charge >= 0.3 is 5.97 Å². The predicted molar refractivity (Wildman–Crippen MR) is 297 cm³/mol. The van der Waals surface area contributed by atoms with Gasteiger partial charge in [0.05, 0.1) is 26.4 Å². The number of hydrogen-bond acceptors (Lipinski definition) is 14. The number of carbonyl (C=O) groups excluding carboxylic acids is 1. The molecular formula is C61H100O14. The number of carbonyl (C=O) groups is 1. The van der Waals surface area contributed by atoms with Crippen molar-refractivity contribution in [3.05, 3.63) is 109 Å². The fraction of sp³-hybridized carbons (Fsp3) is 0.689. The van der Waals surface area contributed by atoms with Crippen LogP contribution >= 0.6 is 0 Å². The Labute approximate surface area is 451 Å². The topological polar surface area (TPSA) is 214 Å². The van der Waals surface area contributed by atoms with Crippen LogP contribution in [0.25, 0.3) is 0 Å². The molecule has 11 unspecified atom stereocenters. The maximum Gasteiger partial charge on any atom is 0.306 e. The summed E-state index contributed by atoms with van der Waals surface area (Å²) < 4.78 is 34.3. The van der Waals surface area contributed by atoms with E-state index in [-0.39, 0.29) is 19.6 Å². The number of hydrogen-bond donors (Lipinski definition) is 7. The van der Waals surface area contributed by atoms with Crippen LogP contribution < -0.4 is 0 Å². The third-order valence-electron chi connectivity index (χ3n) is 12.8. The zero-order valence-corrected chi connectivity index (χ0v) is 45.7. The molecule has 2 fully saturated rings. The molecular weight excluding hydrogens is 957 g/mol. The summed E-state index contributed by atoms with van der Waals surface area (Å²) in [4.78, 5) is 13.0. The Balaban J connectivity index is 1.74. The van der Waals surface area contributed by atoms with Crippen LogP contribution in [0.15, 0.2) is 109 Å². The van der Waals surface area contributed by atoms with E-state index in [1.54, 1.807) is 0 Å². The molecule has 2 rings (SSSR count). The van der Waals surface area contributed by atoms with Crippen LogP contribution in [0.4, 0.5) is 0 Å². The quantitative estimate of drug-likeness (QED) is 0.0172. The first kappa shape index (κ1) is 67.8. The van der Waals surface area contributed by atoms with E-state index in [2.05, 4.69) is 117 Å². The Morgan fingerprint density at radius 2 is 0.827 bits per heavy atom. The normalized spacial score (nSPS) is 25.5. The molecule has 0 aromatic rings. The fourth-order valence-electron chi connectivity index (χ4n) is 8.25. The first-order valence-electron chi connectivity index (χ1n) is 28.5. The second-order valence-electron chi connectivity index (χ2n) is 19.3. The maximum atomic E-state index is 13.0. The van der Waals surface area contributed by atoms with Gasteiger partial charge in [-0.1, -0.05) is 181 Å². The summed E-state index contributed by atoms with van der Waals surface area (Å²) in [5.41, 5.74) is 0. The summed E-state index contributed by atoms with van der Waals surface area (Å²) in [6.07, 6.45) is 47.3. The summed E-state index contributed by atoms with van der Waals surface area (Å²) in [5, 5.41) is 72.3. The van der Waals surface area contributed by atoms with E-state index in [0.29, 0.717) is 19.4 Å². The van der Waals surface area contributed by atoms with Gasteiger partial charge in [-0.05, 0) is 89.9 Å². The van der Waals surface area contributed by atoms with E-state index < -0.39 is 86.7 Å². The molecule has 0 aromatic carbocycles. The van der Waals surface area contributed by atoms with E-state index in [4.69, 9.17) is 28.4 Å². The smallest absolute Gasteiger partial charge is 0.306 e. The number of allylic oxidation sites excluding steroid dienone is 18. The Hall–Kier alpha value is -3.35. The Morgan fingerprint density at radius 3 is 1.29 bits per heavy atom. The average molecular weight is 1060 g/mol. The predicted octanol–water partition coefficient (Wildman–Crippen LogP) is 9.96. The molecule has 2 heterocycles. The molecule has 11 atom stereocenters. The van der Waals surface area contributed by atoms with Crippen molar-refractivity contribution in [3.8, 4) is 0 Å². The van der Waals surface area contributed by atoms with Crippen molar-refractivity contribution in [2.75, 3.05) is 33.0 Å². The van der Waals surface area contributed by atoms with Crippen molar-refractivity contribution >= 4 is 5.97 Å². The third-order valence-corrected chi connectivity index (χ3v) is 12.8. The number of unbranched alkanes of at least 4 members (excludes halogenated alkanes) is 12. The van der Waals surface area contributed by atoms with E-state index >= 15 is 0 Å². The first-order valence-corrected chi connectivity index (χ1v) is 28.5. The molecule has 14 heteroatoms. The Kier molecular flexibility index (Phi) is 42.2. The molecule has 0 radical (unpaired) electrons. The lowest BCUT2D eigenvalue weighted by Crippen LogP contribution is -2.61. The zero-order chi connectivity index (χ0) is 54.4. The number of esters is 1. The van der Waals surface area contributed by atoms with Crippen molar-refractivity contribution in [1.82, 2.24) is 0 Å². The lowest BCUT2D eigenvalue weighted by molar-refractivity contribution is -0.332. The second kappa shape index (κ2) is 46.7. The highest BCUT2D eigenvalue weighted by molar-refractivity contribution is 5.69. The Morgan fingerprint density at radius 1 is 0.440 bits per heavy atom. The minimum atomic E-state index is -1.72. The summed E-state index contributed by atoms with van der Waals surface area (Å²) >= 11 is 0. The third kappa shape index (κ3) is 33.5. The van der Waals surface area contributed by atoms with Gasteiger partial charge in [0.25, 0.3) is 0 Å². The van der Waals surface area contributed by atoms with Crippen LogP contribution in [-0.4, -0.2) is 142 Å². The van der Waals surface area contributed by atoms with Crippen molar-refractivity contribution in [2.24, 2.45) is 0 Å². The van der Waals surface area contributed by atoms with Gasteiger partial charge in [0.2, 0.25) is 0 Å². The van der Waals surface area contributed by atoms with Crippen molar-refractivity contribution in [3.63, 3.8) is 0 Å². The maximum absolute atomic E-state index is 13.0. The monoisotopic (exact) mass is 1060 g/mol. The summed E-state index contributed by atoms with van der Waals surface area (Å²) in [6, 6.07) is 0. The van der Waals surface area contributed by atoms with Crippen molar-refractivity contribution in [1.29, 1.82) is 0 Å². The summed E-state index contributed by atoms with van der Waals surface area (Å²) in [7, 11) is 0. The van der Waals surface area contributed by atoms with Gasteiger partial charge in [-0.15, -0.1) is 0 Å². The largest absolute Gasteiger partial charge is 0.457 e.